The molecule has 0 saturated heterocycles. The van der Waals surface area contributed by atoms with Gasteiger partial charge in [-0.3, -0.25) is 0 Å². The first kappa shape index (κ1) is 14.2. The Bertz CT molecular complexity index is 432. The molecule has 3 N–H and O–H groups in total. The summed E-state index contributed by atoms with van der Waals surface area (Å²) in [6.07, 6.45) is 7.88. The van der Waals surface area contributed by atoms with Crippen LogP contribution in [-0.2, 0) is 0 Å². The van der Waals surface area contributed by atoms with Crippen molar-refractivity contribution in [1.82, 2.24) is 4.98 Å². The third-order valence-corrected chi connectivity index (χ3v) is 3.92. The molecular formula is C14H21N3OS. The third-order valence-electron chi connectivity index (χ3n) is 3.68. The Hall–Kier alpha value is -1.20. The Morgan fingerprint density at radius 3 is 2.79 bits per heavy atom. The molecule has 0 atom stereocenters. The van der Waals surface area contributed by atoms with Gasteiger partial charge in [0.2, 0.25) is 0 Å². The highest BCUT2D eigenvalue weighted by molar-refractivity contribution is 7.80. The van der Waals surface area contributed by atoms with E-state index < -0.39 is 0 Å². The SMILES string of the molecule is NC(=S)c1ccnc(N(CCO)C2CCCCC2)c1. The lowest BCUT2D eigenvalue weighted by Gasteiger charge is -2.35. The average molecular weight is 279 g/mol. The van der Waals surface area contributed by atoms with Crippen LogP contribution in [0.25, 0.3) is 0 Å². The van der Waals surface area contributed by atoms with Gasteiger partial charge in [0.15, 0.2) is 0 Å². The van der Waals surface area contributed by atoms with Crippen LogP contribution in [0.5, 0.6) is 0 Å². The number of aliphatic hydroxyl groups is 1. The lowest BCUT2D eigenvalue weighted by molar-refractivity contribution is 0.289. The summed E-state index contributed by atoms with van der Waals surface area (Å²) < 4.78 is 0. The molecule has 1 aliphatic rings. The molecule has 0 unspecified atom stereocenters. The molecule has 1 aromatic rings. The van der Waals surface area contributed by atoms with Gasteiger partial charge in [-0.1, -0.05) is 31.5 Å². The van der Waals surface area contributed by atoms with Crippen LogP contribution in [0.3, 0.4) is 0 Å². The minimum absolute atomic E-state index is 0.134. The number of hydrogen-bond acceptors (Lipinski definition) is 4. The largest absolute Gasteiger partial charge is 0.395 e. The summed E-state index contributed by atoms with van der Waals surface area (Å²) in [4.78, 5) is 7.00. The average Bonchev–Trinajstić information content (AvgIpc) is 2.46. The van der Waals surface area contributed by atoms with Gasteiger partial charge < -0.3 is 15.7 Å². The van der Waals surface area contributed by atoms with E-state index in [0.717, 1.165) is 11.4 Å². The molecule has 1 saturated carbocycles. The van der Waals surface area contributed by atoms with Crippen LogP contribution in [0.4, 0.5) is 5.82 Å². The Morgan fingerprint density at radius 1 is 1.42 bits per heavy atom. The summed E-state index contributed by atoms with van der Waals surface area (Å²) in [5, 5.41) is 9.29. The van der Waals surface area contributed by atoms with Crippen LogP contribution in [0.15, 0.2) is 18.3 Å². The highest BCUT2D eigenvalue weighted by Crippen LogP contribution is 2.26. The molecule has 0 spiro atoms. The molecule has 2 rings (SSSR count). The van der Waals surface area contributed by atoms with Crippen molar-refractivity contribution in [2.75, 3.05) is 18.1 Å². The highest BCUT2D eigenvalue weighted by Gasteiger charge is 2.22. The monoisotopic (exact) mass is 279 g/mol. The Morgan fingerprint density at radius 2 is 2.16 bits per heavy atom. The van der Waals surface area contributed by atoms with Crippen molar-refractivity contribution in [1.29, 1.82) is 0 Å². The van der Waals surface area contributed by atoms with E-state index in [2.05, 4.69) is 9.88 Å². The van der Waals surface area contributed by atoms with Crippen molar-refractivity contribution < 1.29 is 5.11 Å². The minimum atomic E-state index is 0.134. The summed E-state index contributed by atoms with van der Waals surface area (Å²) in [5.74, 6) is 0.867. The van der Waals surface area contributed by atoms with Crippen molar-refractivity contribution >= 4 is 23.0 Å². The number of thiocarbonyl (C=S) groups is 1. The third kappa shape index (κ3) is 3.64. The zero-order chi connectivity index (χ0) is 13.7. The minimum Gasteiger partial charge on any atom is -0.395 e. The van der Waals surface area contributed by atoms with Crippen molar-refractivity contribution in [3.05, 3.63) is 23.9 Å². The zero-order valence-corrected chi connectivity index (χ0v) is 11.9. The first-order valence-electron chi connectivity index (χ1n) is 6.85. The van der Waals surface area contributed by atoms with Gasteiger partial charge in [0.05, 0.1) is 6.61 Å². The topological polar surface area (TPSA) is 62.4 Å². The van der Waals surface area contributed by atoms with Gasteiger partial charge in [0.1, 0.15) is 10.8 Å². The molecule has 1 fully saturated rings. The molecule has 5 heteroatoms. The van der Waals surface area contributed by atoms with Crippen LogP contribution in [0.1, 0.15) is 37.7 Å². The molecule has 0 radical (unpaired) electrons. The van der Waals surface area contributed by atoms with Crippen LogP contribution in [0, 0.1) is 0 Å². The number of hydrogen-bond donors (Lipinski definition) is 2. The second-order valence-electron chi connectivity index (χ2n) is 4.98. The van der Waals surface area contributed by atoms with Crippen molar-refractivity contribution in [2.24, 2.45) is 5.73 Å². The van der Waals surface area contributed by atoms with Gasteiger partial charge in [0.25, 0.3) is 0 Å². The van der Waals surface area contributed by atoms with E-state index in [1.54, 1.807) is 6.20 Å². The van der Waals surface area contributed by atoms with Crippen LogP contribution in [-0.4, -0.2) is 34.3 Å². The summed E-state index contributed by atoms with van der Waals surface area (Å²) in [6.45, 7) is 0.744. The fourth-order valence-corrected chi connectivity index (χ4v) is 2.84. The number of nitrogens with two attached hydrogens (primary N) is 1. The number of aromatic nitrogens is 1. The first-order chi connectivity index (χ1) is 9.22. The van der Waals surface area contributed by atoms with Gasteiger partial charge in [-0.15, -0.1) is 0 Å². The maximum Gasteiger partial charge on any atom is 0.129 e. The number of anilines is 1. The highest BCUT2D eigenvalue weighted by atomic mass is 32.1. The van der Waals surface area contributed by atoms with Gasteiger partial charge >= 0.3 is 0 Å². The predicted octanol–water partition coefficient (Wildman–Crippen LogP) is 1.85. The van der Waals surface area contributed by atoms with Crippen LogP contribution in [0.2, 0.25) is 0 Å². The van der Waals surface area contributed by atoms with E-state index in [-0.39, 0.29) is 6.61 Å². The molecule has 19 heavy (non-hydrogen) atoms. The number of nitrogens with zero attached hydrogens (tertiary/aromatic N) is 2. The number of rotatable bonds is 5. The maximum absolute atomic E-state index is 9.29. The summed E-state index contributed by atoms with van der Waals surface area (Å²) in [5.41, 5.74) is 6.50. The van der Waals surface area contributed by atoms with E-state index in [4.69, 9.17) is 18.0 Å². The van der Waals surface area contributed by atoms with Gasteiger partial charge in [-0.05, 0) is 25.0 Å². The maximum atomic E-state index is 9.29. The lowest BCUT2D eigenvalue weighted by Crippen LogP contribution is -2.39. The smallest absolute Gasteiger partial charge is 0.129 e. The molecular weight excluding hydrogens is 258 g/mol. The lowest BCUT2D eigenvalue weighted by atomic mass is 9.94. The van der Waals surface area contributed by atoms with Gasteiger partial charge in [0, 0.05) is 24.3 Å². The molecule has 0 amide bonds. The zero-order valence-electron chi connectivity index (χ0n) is 11.1. The fourth-order valence-electron chi connectivity index (χ4n) is 2.71. The second kappa shape index (κ2) is 6.82. The summed E-state index contributed by atoms with van der Waals surface area (Å²) in [7, 11) is 0. The Labute approximate surface area is 119 Å². The van der Waals surface area contributed by atoms with Crippen molar-refractivity contribution in [3.8, 4) is 0 Å². The quantitative estimate of drug-likeness (QED) is 0.805. The Balaban J connectivity index is 2.22. The number of aliphatic hydroxyl groups excluding tert-OH is 1. The molecule has 1 aliphatic carbocycles. The van der Waals surface area contributed by atoms with E-state index in [9.17, 15) is 5.11 Å². The van der Waals surface area contributed by atoms with E-state index in [1.165, 1.54) is 32.1 Å². The first-order valence-corrected chi connectivity index (χ1v) is 7.26. The van der Waals surface area contributed by atoms with E-state index in [1.807, 2.05) is 12.1 Å². The normalized spacial score (nSPS) is 16.3. The van der Waals surface area contributed by atoms with Crippen molar-refractivity contribution in [3.63, 3.8) is 0 Å². The Kier molecular flexibility index (Phi) is 5.10. The van der Waals surface area contributed by atoms with Gasteiger partial charge in [-0.25, -0.2) is 4.98 Å². The van der Waals surface area contributed by atoms with Gasteiger partial charge in [-0.2, -0.15) is 0 Å². The molecule has 1 heterocycles. The summed E-state index contributed by atoms with van der Waals surface area (Å²) >= 11 is 5.01. The molecule has 0 aliphatic heterocycles. The van der Waals surface area contributed by atoms with E-state index in [0.29, 0.717) is 17.6 Å². The molecule has 104 valence electrons. The molecule has 0 aromatic carbocycles. The number of pyridine rings is 1. The van der Waals surface area contributed by atoms with Crippen LogP contribution >= 0.6 is 12.2 Å². The molecule has 4 nitrogen and oxygen atoms in total. The molecule has 1 aromatic heterocycles. The molecule has 0 bridgehead atoms. The standard InChI is InChI=1S/C14H21N3OS/c15-14(19)11-6-7-16-13(10-11)17(8-9-18)12-4-2-1-3-5-12/h6-7,10,12,18H,1-5,8-9H2,(H2,15,19). The fraction of sp³-hybridized carbons (Fsp3) is 0.571. The van der Waals surface area contributed by atoms with E-state index >= 15 is 0 Å². The van der Waals surface area contributed by atoms with Crippen LogP contribution < -0.4 is 10.6 Å². The van der Waals surface area contributed by atoms with Crippen molar-refractivity contribution in [2.45, 2.75) is 38.1 Å². The second-order valence-corrected chi connectivity index (χ2v) is 5.42. The predicted molar refractivity (Wildman–Crippen MR) is 81.4 cm³/mol. The summed E-state index contributed by atoms with van der Waals surface area (Å²) in [6, 6.07) is 4.21.